The number of aromatic nitrogens is 2. The molecule has 0 aliphatic heterocycles. The van der Waals surface area contributed by atoms with E-state index in [-0.39, 0.29) is 18.1 Å². The monoisotopic (exact) mass is 381 g/mol. The van der Waals surface area contributed by atoms with Crippen LogP contribution >= 0.6 is 0 Å². The number of aryl methyl sites for hydroxylation is 1. The number of carbonyl (C=O) groups excluding carboxylic acids is 1. The number of benzene rings is 1. The van der Waals surface area contributed by atoms with E-state index in [0.717, 1.165) is 36.2 Å². The molecule has 4 nitrogen and oxygen atoms in total. The van der Waals surface area contributed by atoms with Crippen LogP contribution in [0.1, 0.15) is 61.8 Å². The second kappa shape index (κ2) is 9.49. The number of nitrogens with one attached hydrogen (secondary N) is 1. The minimum absolute atomic E-state index is 0.0631. The number of hydrogen-bond acceptors (Lipinski definition) is 2. The van der Waals surface area contributed by atoms with Crippen molar-refractivity contribution >= 4 is 11.6 Å². The molecule has 28 heavy (non-hydrogen) atoms. The zero-order chi connectivity index (χ0) is 19.9. The maximum atomic E-state index is 14.6. The summed E-state index contributed by atoms with van der Waals surface area (Å²) in [5.41, 5.74) is 3.25. The molecule has 1 amide bonds. The number of rotatable bonds is 9. The third kappa shape index (κ3) is 4.77. The van der Waals surface area contributed by atoms with Gasteiger partial charge in [-0.3, -0.25) is 4.79 Å². The van der Waals surface area contributed by atoms with Crippen molar-refractivity contribution in [3.05, 3.63) is 71.4 Å². The van der Waals surface area contributed by atoms with E-state index < -0.39 is 5.92 Å². The van der Waals surface area contributed by atoms with Crippen molar-refractivity contribution in [2.45, 2.75) is 51.9 Å². The van der Waals surface area contributed by atoms with Gasteiger partial charge >= 0.3 is 0 Å². The molecule has 0 aliphatic rings. The molecule has 1 atom stereocenters. The van der Waals surface area contributed by atoms with Crippen LogP contribution in [-0.4, -0.2) is 21.8 Å². The molecule has 0 radical (unpaired) electrons. The van der Waals surface area contributed by atoms with Crippen LogP contribution in [0.5, 0.6) is 0 Å². The van der Waals surface area contributed by atoms with Crippen molar-refractivity contribution in [2.24, 2.45) is 0 Å². The third-order valence-electron chi connectivity index (χ3n) is 5.08. The first-order valence-corrected chi connectivity index (χ1v) is 10.0. The van der Waals surface area contributed by atoms with E-state index in [9.17, 15) is 9.18 Å². The van der Waals surface area contributed by atoms with Gasteiger partial charge in [0.25, 0.3) is 0 Å². The summed E-state index contributed by atoms with van der Waals surface area (Å²) in [6.45, 7) is 4.83. The number of amides is 1. The lowest BCUT2D eigenvalue weighted by Crippen LogP contribution is -2.27. The summed E-state index contributed by atoms with van der Waals surface area (Å²) in [5.74, 6) is -0.758. The third-order valence-corrected chi connectivity index (χ3v) is 5.08. The van der Waals surface area contributed by atoms with E-state index in [0.29, 0.717) is 12.1 Å². The molecule has 0 saturated carbocycles. The molecule has 0 spiro atoms. The number of imidazole rings is 1. The Balaban J connectivity index is 1.84. The van der Waals surface area contributed by atoms with Gasteiger partial charge in [-0.1, -0.05) is 44.4 Å². The van der Waals surface area contributed by atoms with Gasteiger partial charge in [-0.05, 0) is 42.7 Å². The number of nitrogens with zero attached hydrogens (tertiary/aromatic N) is 2. The number of unbranched alkanes of at least 4 members (excludes halogenated alkanes) is 3. The highest BCUT2D eigenvalue weighted by molar-refractivity contribution is 5.77. The van der Waals surface area contributed by atoms with Gasteiger partial charge in [-0.25, -0.2) is 9.37 Å². The van der Waals surface area contributed by atoms with Crippen molar-refractivity contribution < 1.29 is 9.18 Å². The number of carbonyl (C=O) groups is 1. The van der Waals surface area contributed by atoms with Gasteiger partial charge < -0.3 is 9.72 Å². The standard InChI is InChI=1S/C23H28FN3O/c1-3-4-5-8-12-25-23(28)15-19(18-9-6-7-10-20(18)24)21-16-26-22-14-17(2)11-13-27(21)22/h6-7,9-11,13-14,16,19H,3-5,8,12,15H2,1-2H3,(H,25,28). The van der Waals surface area contributed by atoms with Gasteiger partial charge in [0.2, 0.25) is 5.91 Å². The van der Waals surface area contributed by atoms with Crippen LogP contribution in [0.2, 0.25) is 0 Å². The highest BCUT2D eigenvalue weighted by atomic mass is 19.1. The first-order chi connectivity index (χ1) is 13.6. The maximum Gasteiger partial charge on any atom is 0.221 e. The van der Waals surface area contributed by atoms with E-state index in [1.54, 1.807) is 24.4 Å². The van der Waals surface area contributed by atoms with E-state index >= 15 is 0 Å². The summed E-state index contributed by atoms with van der Waals surface area (Å²) in [6.07, 6.45) is 8.30. The SMILES string of the molecule is CCCCCCNC(=O)CC(c1ccccc1F)c1cnc2cc(C)ccn12. The largest absolute Gasteiger partial charge is 0.356 e. The molecule has 1 aromatic carbocycles. The smallest absolute Gasteiger partial charge is 0.221 e. The fourth-order valence-corrected chi connectivity index (χ4v) is 3.53. The molecule has 1 unspecified atom stereocenters. The lowest BCUT2D eigenvalue weighted by molar-refractivity contribution is -0.121. The van der Waals surface area contributed by atoms with E-state index in [2.05, 4.69) is 17.2 Å². The highest BCUT2D eigenvalue weighted by Crippen LogP contribution is 2.30. The Morgan fingerprint density at radius 1 is 1.21 bits per heavy atom. The Hall–Kier alpha value is -2.69. The van der Waals surface area contributed by atoms with Crippen molar-refractivity contribution in [3.63, 3.8) is 0 Å². The fraction of sp³-hybridized carbons (Fsp3) is 0.391. The fourth-order valence-electron chi connectivity index (χ4n) is 3.53. The minimum atomic E-state index is -0.394. The molecule has 0 aliphatic carbocycles. The molecule has 0 saturated heterocycles. The predicted octanol–water partition coefficient (Wildman–Crippen LogP) is 5.00. The number of fused-ring (bicyclic) bond motifs is 1. The molecule has 0 bridgehead atoms. The Labute approximate surface area is 165 Å². The Kier molecular flexibility index (Phi) is 6.80. The Morgan fingerprint density at radius 2 is 2.04 bits per heavy atom. The van der Waals surface area contributed by atoms with Crippen LogP contribution < -0.4 is 5.32 Å². The predicted molar refractivity (Wildman–Crippen MR) is 110 cm³/mol. The summed E-state index contributed by atoms with van der Waals surface area (Å²) in [4.78, 5) is 17.1. The molecule has 3 rings (SSSR count). The zero-order valence-electron chi connectivity index (χ0n) is 16.6. The average Bonchev–Trinajstić information content (AvgIpc) is 3.09. The molecule has 3 aromatic rings. The van der Waals surface area contributed by atoms with Gasteiger partial charge in [0.15, 0.2) is 0 Å². The summed E-state index contributed by atoms with van der Waals surface area (Å²) in [5, 5.41) is 2.99. The van der Waals surface area contributed by atoms with E-state index in [4.69, 9.17) is 0 Å². The lowest BCUT2D eigenvalue weighted by Gasteiger charge is -2.18. The van der Waals surface area contributed by atoms with Crippen molar-refractivity contribution in [1.82, 2.24) is 14.7 Å². The average molecular weight is 381 g/mol. The molecule has 2 aromatic heterocycles. The molecular weight excluding hydrogens is 353 g/mol. The van der Waals surface area contributed by atoms with Crippen LogP contribution in [-0.2, 0) is 4.79 Å². The summed E-state index contributed by atoms with van der Waals surface area (Å²) in [7, 11) is 0. The quantitative estimate of drug-likeness (QED) is 0.530. The summed E-state index contributed by atoms with van der Waals surface area (Å²) >= 11 is 0. The van der Waals surface area contributed by atoms with E-state index in [1.165, 1.54) is 12.5 Å². The van der Waals surface area contributed by atoms with Crippen molar-refractivity contribution in [2.75, 3.05) is 6.54 Å². The topological polar surface area (TPSA) is 46.4 Å². The van der Waals surface area contributed by atoms with Gasteiger partial charge in [0.1, 0.15) is 11.5 Å². The molecule has 5 heteroatoms. The van der Waals surface area contributed by atoms with Crippen LogP contribution in [0.25, 0.3) is 5.65 Å². The molecule has 2 heterocycles. The maximum absolute atomic E-state index is 14.6. The van der Waals surface area contributed by atoms with Gasteiger partial charge in [-0.15, -0.1) is 0 Å². The van der Waals surface area contributed by atoms with Gasteiger partial charge in [-0.2, -0.15) is 0 Å². The first kappa shape index (κ1) is 20.1. The van der Waals surface area contributed by atoms with Crippen LogP contribution in [0.4, 0.5) is 4.39 Å². The van der Waals surface area contributed by atoms with Crippen molar-refractivity contribution in [3.8, 4) is 0 Å². The number of pyridine rings is 1. The summed E-state index contributed by atoms with van der Waals surface area (Å²) in [6, 6.07) is 10.6. The highest BCUT2D eigenvalue weighted by Gasteiger charge is 2.24. The minimum Gasteiger partial charge on any atom is -0.356 e. The normalized spacial score (nSPS) is 12.2. The second-order valence-corrected chi connectivity index (χ2v) is 7.30. The molecule has 1 N–H and O–H groups in total. The van der Waals surface area contributed by atoms with Crippen LogP contribution in [0.3, 0.4) is 0 Å². The van der Waals surface area contributed by atoms with E-state index in [1.807, 2.05) is 29.7 Å². The molecule has 0 fully saturated rings. The zero-order valence-corrected chi connectivity index (χ0v) is 16.6. The van der Waals surface area contributed by atoms with Crippen LogP contribution in [0.15, 0.2) is 48.8 Å². The second-order valence-electron chi connectivity index (χ2n) is 7.30. The Morgan fingerprint density at radius 3 is 2.82 bits per heavy atom. The molecule has 148 valence electrons. The number of halogens is 1. The summed E-state index contributed by atoms with van der Waals surface area (Å²) < 4.78 is 16.5. The van der Waals surface area contributed by atoms with Gasteiger partial charge in [0.05, 0.1) is 5.69 Å². The van der Waals surface area contributed by atoms with Gasteiger partial charge in [0, 0.05) is 31.3 Å². The first-order valence-electron chi connectivity index (χ1n) is 10.0. The number of hydrogen-bond donors (Lipinski definition) is 1. The molecular formula is C23H28FN3O. The van der Waals surface area contributed by atoms with Crippen molar-refractivity contribution in [1.29, 1.82) is 0 Å². The van der Waals surface area contributed by atoms with Crippen LogP contribution in [0, 0.1) is 12.7 Å². The Bertz CT molecular complexity index is 934. The lowest BCUT2D eigenvalue weighted by atomic mass is 9.92.